The zero-order chi connectivity index (χ0) is 53.6. The highest BCUT2D eigenvalue weighted by Crippen LogP contribution is 2.35. The van der Waals surface area contributed by atoms with Crippen LogP contribution in [0.5, 0.6) is 11.8 Å². The fourth-order valence-electron chi connectivity index (χ4n) is 9.73. The molecule has 0 aliphatic carbocycles. The molecule has 0 unspecified atom stereocenters. The molecule has 76 heavy (non-hydrogen) atoms. The van der Waals surface area contributed by atoms with Gasteiger partial charge in [-0.1, -0.05) is 26.0 Å². The van der Waals surface area contributed by atoms with E-state index in [1.807, 2.05) is 58.4 Å². The summed E-state index contributed by atoms with van der Waals surface area (Å²) in [6.45, 7) is 15.4. The van der Waals surface area contributed by atoms with Crippen molar-refractivity contribution in [2.75, 3.05) is 102 Å². The summed E-state index contributed by atoms with van der Waals surface area (Å²) in [5.74, 6) is 1.71. The number of para-hydroxylation sites is 1. The van der Waals surface area contributed by atoms with Crippen LogP contribution in [0, 0.1) is 13.8 Å². The third-order valence-corrected chi connectivity index (χ3v) is 13.9. The lowest BCUT2D eigenvalue weighted by Gasteiger charge is -2.36. The molecule has 8 aromatic rings. The van der Waals surface area contributed by atoms with Crippen LogP contribution in [0.1, 0.15) is 37.8 Å². The topological polar surface area (TPSA) is 258 Å². The van der Waals surface area contributed by atoms with Gasteiger partial charge in [0.1, 0.15) is 16.9 Å². The van der Waals surface area contributed by atoms with Crippen molar-refractivity contribution >= 4 is 68.4 Å². The van der Waals surface area contributed by atoms with Crippen molar-refractivity contribution in [1.82, 2.24) is 79.3 Å². The van der Waals surface area contributed by atoms with E-state index in [2.05, 4.69) is 109 Å². The Morgan fingerprint density at radius 2 is 1.18 bits per heavy atom. The zero-order valence-electron chi connectivity index (χ0n) is 44.9. The van der Waals surface area contributed by atoms with E-state index in [-0.39, 0.29) is 23.9 Å². The van der Waals surface area contributed by atoms with E-state index in [0.29, 0.717) is 57.6 Å². The summed E-state index contributed by atoms with van der Waals surface area (Å²) in [5.41, 5.74) is 9.66. The van der Waals surface area contributed by atoms with Crippen LogP contribution in [0.15, 0.2) is 61.4 Å². The molecule has 0 spiro atoms. The predicted molar refractivity (Wildman–Crippen MR) is 293 cm³/mol. The van der Waals surface area contributed by atoms with Crippen molar-refractivity contribution in [3.63, 3.8) is 0 Å². The number of carbonyl (C=O) groups excluding carboxylic acids is 2. The third-order valence-electron chi connectivity index (χ3n) is 13.9. The molecule has 2 aliphatic heterocycles. The van der Waals surface area contributed by atoms with Gasteiger partial charge < -0.3 is 45.5 Å². The molecule has 400 valence electrons. The normalized spacial score (nSPS) is 15.5. The molecule has 2 aliphatic rings. The highest BCUT2D eigenvalue weighted by atomic mass is 16.5. The Labute approximate surface area is 441 Å². The number of methoxy groups -OCH3 is 2. The molecule has 10 rings (SSSR count). The number of hydrogen-bond donors (Lipinski definition) is 6. The van der Waals surface area contributed by atoms with E-state index in [0.717, 1.165) is 110 Å². The zero-order valence-corrected chi connectivity index (χ0v) is 44.9. The smallest absolute Gasteiger partial charge is 0.256 e. The molecule has 6 N–H and O–H groups in total. The Morgan fingerprint density at radius 1 is 0.658 bits per heavy atom. The first-order chi connectivity index (χ1) is 36.7. The Balaban J connectivity index is 0.000000186. The number of nitrogens with zero attached hydrogens (tertiary/aromatic N) is 14. The minimum atomic E-state index is -0.181. The molecule has 24 heteroatoms. The van der Waals surface area contributed by atoms with Gasteiger partial charge in [-0.3, -0.25) is 38.8 Å². The molecule has 0 bridgehead atoms. The highest BCUT2D eigenvalue weighted by Gasteiger charge is 2.30. The molecule has 0 radical (unpaired) electrons. The summed E-state index contributed by atoms with van der Waals surface area (Å²) in [6.07, 6.45) is 12.2. The van der Waals surface area contributed by atoms with Crippen molar-refractivity contribution in [1.29, 1.82) is 0 Å². The first-order valence-corrected chi connectivity index (χ1v) is 25.5. The van der Waals surface area contributed by atoms with E-state index < -0.39 is 0 Å². The Morgan fingerprint density at radius 3 is 1.72 bits per heavy atom. The third kappa shape index (κ3) is 11.4. The summed E-state index contributed by atoms with van der Waals surface area (Å²) < 4.78 is 14.0. The number of aromatic nitrogens is 12. The summed E-state index contributed by atoms with van der Waals surface area (Å²) in [4.78, 5) is 62.1. The Kier molecular flexibility index (Phi) is 16.1. The molecule has 2 amide bonds. The number of amides is 2. The second-order valence-corrected chi connectivity index (χ2v) is 19.2. The predicted octanol–water partition coefficient (Wildman–Crippen LogP) is 5.56. The SMILES string of the molecule is CC[C@H](C(=O)Nc1cccc2c(-c3nc(Nc4cn(C)nc4OC)ncc3C)[nH]nc12)N1CCN(C)CC1.CC[C@H](C(=O)Nc1ccnc2c(-c3nc(Nc4cn(C)nc4OC)ncc3C)c[nH]c12)N1CCN(C)CC1. The number of likely N-dealkylation sites (N-methyl/N-ethyl adjacent to an activating group) is 2. The highest BCUT2D eigenvalue weighted by molar-refractivity contribution is 6.06. The average Bonchev–Trinajstić information content (AvgIpc) is 4.25. The number of ether oxygens (including phenoxy) is 2. The van der Waals surface area contributed by atoms with Crippen LogP contribution in [-0.2, 0) is 23.7 Å². The maximum atomic E-state index is 13.3. The lowest BCUT2D eigenvalue weighted by molar-refractivity contribution is -0.122. The summed E-state index contributed by atoms with van der Waals surface area (Å²) in [5, 5.41) is 29.7. The van der Waals surface area contributed by atoms with Gasteiger partial charge in [0.15, 0.2) is 0 Å². The van der Waals surface area contributed by atoms with Crippen LogP contribution in [0.2, 0.25) is 0 Å². The van der Waals surface area contributed by atoms with E-state index >= 15 is 0 Å². The maximum absolute atomic E-state index is 13.3. The van der Waals surface area contributed by atoms with Crippen LogP contribution in [0.3, 0.4) is 0 Å². The fraction of sp³-hybridized carbons (Fsp3) is 0.423. The van der Waals surface area contributed by atoms with E-state index in [1.165, 1.54) is 0 Å². The van der Waals surface area contributed by atoms with Crippen molar-refractivity contribution in [2.24, 2.45) is 14.1 Å². The Hall–Kier alpha value is -8.06. The Bertz CT molecular complexity index is 3090. The van der Waals surface area contributed by atoms with Gasteiger partial charge >= 0.3 is 0 Å². The van der Waals surface area contributed by atoms with Gasteiger partial charge in [-0.05, 0) is 64.0 Å². The molecule has 2 fully saturated rings. The second-order valence-electron chi connectivity index (χ2n) is 19.2. The van der Waals surface area contributed by atoms with Crippen LogP contribution in [-0.4, -0.2) is 184 Å². The number of fused-ring (bicyclic) bond motifs is 2. The molecule has 7 aromatic heterocycles. The van der Waals surface area contributed by atoms with Crippen molar-refractivity contribution in [3.05, 3.63) is 72.6 Å². The molecule has 24 nitrogen and oxygen atoms in total. The second kappa shape index (κ2) is 23.2. The lowest BCUT2D eigenvalue weighted by Crippen LogP contribution is -2.52. The van der Waals surface area contributed by atoms with Gasteiger partial charge in [0, 0.05) is 102 Å². The van der Waals surface area contributed by atoms with Gasteiger partial charge in [0.25, 0.3) is 11.8 Å². The number of hydrogen-bond acceptors (Lipinski definition) is 18. The van der Waals surface area contributed by atoms with E-state index in [9.17, 15) is 9.59 Å². The lowest BCUT2D eigenvalue weighted by atomic mass is 10.1. The van der Waals surface area contributed by atoms with Gasteiger partial charge in [-0.25, -0.2) is 19.9 Å². The van der Waals surface area contributed by atoms with Gasteiger partial charge in [-0.15, -0.1) is 10.2 Å². The molecular weight excluding hydrogens is 969 g/mol. The van der Waals surface area contributed by atoms with Crippen molar-refractivity contribution in [3.8, 4) is 34.4 Å². The monoisotopic (exact) mass is 1040 g/mol. The molecule has 0 saturated carbocycles. The average molecular weight is 1040 g/mol. The number of aromatic amines is 2. The maximum Gasteiger partial charge on any atom is 0.256 e. The summed E-state index contributed by atoms with van der Waals surface area (Å²) in [6, 6.07) is 7.25. The van der Waals surface area contributed by atoms with Gasteiger partial charge in [0.2, 0.25) is 23.7 Å². The standard InChI is InChI=1S/2C26H34N10O2/c1-6-20(36-11-9-34(3)10-12-36)24(37)30-18-7-8-27-22-17(14-28-23(18)22)21-16(2)13-29-26(32-21)31-19-15-35(4)33-25(19)38-5;1-6-20(36-12-10-34(3)11-13-36)24(37)28-18-9-7-8-17-22(18)31-32-23(17)21-16(2)14-27-26(30-21)29-19-15-35(4)33-25(19)38-5/h7-8,13-15,20,28H,6,9-12H2,1-5H3,(H,27,30,37)(H,29,31,32);7-9,14-15,20H,6,10-13H2,1-5H3,(H,28,37)(H,31,32)(H,27,29,30)/t2*20-/m11/s1. The number of aryl methyl sites for hydroxylation is 4. The molecular formula is C52H68N20O4. The number of H-pyrrole nitrogens is 2. The number of piperazine rings is 2. The van der Waals surface area contributed by atoms with E-state index in [4.69, 9.17) is 19.4 Å². The van der Waals surface area contributed by atoms with E-state index in [1.54, 1.807) is 54.6 Å². The quantitative estimate of drug-likeness (QED) is 0.0693. The molecule has 2 saturated heterocycles. The first-order valence-electron chi connectivity index (χ1n) is 25.5. The van der Waals surface area contributed by atoms with Crippen LogP contribution in [0.4, 0.5) is 34.6 Å². The number of benzene rings is 1. The minimum absolute atomic E-state index is 0.00387. The van der Waals surface area contributed by atoms with Gasteiger partial charge in [0.05, 0.1) is 78.2 Å². The number of pyridine rings is 1. The van der Waals surface area contributed by atoms with Crippen molar-refractivity contribution in [2.45, 2.75) is 52.6 Å². The molecule has 9 heterocycles. The first kappa shape index (κ1) is 52.8. The molecule has 1 aromatic carbocycles. The number of anilines is 6. The number of carbonyl (C=O) groups is 2. The fourth-order valence-corrected chi connectivity index (χ4v) is 9.73. The largest absolute Gasteiger partial charge is 0.478 e. The van der Waals surface area contributed by atoms with Crippen LogP contribution < -0.4 is 30.7 Å². The number of rotatable bonds is 16. The number of nitrogens with one attached hydrogen (secondary N) is 6. The van der Waals surface area contributed by atoms with Crippen LogP contribution in [0.25, 0.3) is 44.6 Å². The summed E-state index contributed by atoms with van der Waals surface area (Å²) >= 11 is 0. The minimum Gasteiger partial charge on any atom is -0.478 e. The molecule has 2 atom stereocenters. The summed E-state index contributed by atoms with van der Waals surface area (Å²) in [7, 11) is 11.0. The van der Waals surface area contributed by atoms with Crippen molar-refractivity contribution < 1.29 is 19.1 Å². The van der Waals surface area contributed by atoms with Gasteiger partial charge in [-0.2, -0.15) is 5.10 Å². The van der Waals surface area contributed by atoms with Crippen LogP contribution >= 0.6 is 0 Å².